The molecule has 104 valence electrons. The molecule has 0 spiro atoms. The smallest absolute Gasteiger partial charge is 0.0452 e. The zero-order valence-electron chi connectivity index (χ0n) is 12.0. The Kier molecular flexibility index (Phi) is 5.05. The molecule has 0 radical (unpaired) electrons. The number of rotatable bonds is 5. The van der Waals surface area contributed by atoms with E-state index in [0.29, 0.717) is 0 Å². The summed E-state index contributed by atoms with van der Waals surface area (Å²) >= 11 is 0. The van der Waals surface area contributed by atoms with Gasteiger partial charge in [0.1, 0.15) is 0 Å². The number of piperazine rings is 1. The number of aryl methyl sites for hydroxylation is 1. The fraction of sp³-hybridized carbons (Fsp3) is 0.600. The van der Waals surface area contributed by atoms with E-state index in [0.717, 1.165) is 57.0 Å². The molecule has 2 heterocycles. The monoisotopic (exact) mass is 260 g/mol. The number of hydrogen-bond acceptors (Lipinski definition) is 4. The minimum absolute atomic E-state index is 0.733. The van der Waals surface area contributed by atoms with Gasteiger partial charge in [-0.1, -0.05) is 6.07 Å². The lowest BCUT2D eigenvalue weighted by Gasteiger charge is -2.32. The van der Waals surface area contributed by atoms with Crippen LogP contribution in [0, 0.1) is 5.41 Å². The van der Waals surface area contributed by atoms with Crippen molar-refractivity contribution in [3.8, 4) is 0 Å². The van der Waals surface area contributed by atoms with Gasteiger partial charge >= 0.3 is 0 Å². The molecular weight excluding hydrogens is 236 g/mol. The number of aromatic nitrogens is 1. The van der Waals surface area contributed by atoms with Gasteiger partial charge in [0, 0.05) is 50.3 Å². The Morgan fingerprint density at radius 1 is 1.32 bits per heavy atom. The predicted octanol–water partition coefficient (Wildman–Crippen LogP) is 1.80. The lowest BCUT2D eigenvalue weighted by atomic mass is 10.1. The molecule has 2 rings (SSSR count). The van der Waals surface area contributed by atoms with Crippen molar-refractivity contribution in [3.05, 3.63) is 29.6 Å². The molecule has 0 bridgehead atoms. The number of pyridine rings is 1. The van der Waals surface area contributed by atoms with Crippen molar-refractivity contribution in [1.29, 1.82) is 5.41 Å². The standard InChI is InChI=1S/C15H24N4/c1-13(16)5-6-15-14(4-3-7-17-15)12-19-10-8-18(2)9-11-19/h3-4,7,16H,5-6,8-12H2,1-2H3. The summed E-state index contributed by atoms with van der Waals surface area (Å²) in [4.78, 5) is 9.37. The number of nitrogens with one attached hydrogen (secondary N) is 1. The van der Waals surface area contributed by atoms with E-state index in [4.69, 9.17) is 5.41 Å². The molecule has 0 amide bonds. The summed E-state index contributed by atoms with van der Waals surface area (Å²) in [6, 6.07) is 4.20. The molecule has 0 atom stereocenters. The molecule has 1 aliphatic heterocycles. The summed E-state index contributed by atoms with van der Waals surface area (Å²) in [6.07, 6.45) is 3.56. The van der Waals surface area contributed by atoms with Gasteiger partial charge in [-0.05, 0) is 38.4 Å². The molecule has 1 aromatic rings. The lowest BCUT2D eigenvalue weighted by Crippen LogP contribution is -2.44. The molecule has 0 unspecified atom stereocenters. The van der Waals surface area contributed by atoms with Crippen LogP contribution in [-0.4, -0.2) is 53.7 Å². The van der Waals surface area contributed by atoms with Crippen LogP contribution < -0.4 is 0 Å². The molecule has 1 aromatic heterocycles. The van der Waals surface area contributed by atoms with E-state index in [2.05, 4.69) is 27.9 Å². The fourth-order valence-corrected chi connectivity index (χ4v) is 2.39. The van der Waals surface area contributed by atoms with Gasteiger partial charge in [-0.15, -0.1) is 0 Å². The van der Waals surface area contributed by atoms with Crippen LogP contribution in [0.15, 0.2) is 18.3 Å². The Bertz CT molecular complexity index is 422. The average Bonchev–Trinajstić information content (AvgIpc) is 2.40. The average molecular weight is 260 g/mol. The molecule has 1 N–H and O–H groups in total. The van der Waals surface area contributed by atoms with Crippen LogP contribution in [0.5, 0.6) is 0 Å². The van der Waals surface area contributed by atoms with Crippen molar-refractivity contribution in [2.75, 3.05) is 33.2 Å². The first-order chi connectivity index (χ1) is 9.15. The van der Waals surface area contributed by atoms with Gasteiger partial charge in [0.15, 0.2) is 0 Å². The normalized spacial score (nSPS) is 17.6. The highest BCUT2D eigenvalue weighted by atomic mass is 15.2. The first-order valence-electron chi connectivity index (χ1n) is 7.03. The highest BCUT2D eigenvalue weighted by Crippen LogP contribution is 2.13. The third kappa shape index (κ3) is 4.40. The molecule has 4 heteroatoms. The lowest BCUT2D eigenvalue weighted by molar-refractivity contribution is 0.148. The van der Waals surface area contributed by atoms with Gasteiger partial charge in [-0.3, -0.25) is 9.88 Å². The Balaban J connectivity index is 1.97. The van der Waals surface area contributed by atoms with Gasteiger partial charge in [-0.2, -0.15) is 0 Å². The third-order valence-electron chi connectivity index (χ3n) is 3.71. The molecule has 0 aromatic carbocycles. The maximum atomic E-state index is 7.55. The largest absolute Gasteiger partial charge is 0.310 e. The number of likely N-dealkylation sites (N-methyl/N-ethyl adjacent to an activating group) is 1. The maximum absolute atomic E-state index is 7.55. The van der Waals surface area contributed by atoms with Crippen molar-refractivity contribution < 1.29 is 0 Å². The Labute approximate surface area is 115 Å². The Hall–Kier alpha value is -1.26. The van der Waals surface area contributed by atoms with Crippen LogP contribution in [0.4, 0.5) is 0 Å². The van der Waals surface area contributed by atoms with Crippen molar-refractivity contribution in [1.82, 2.24) is 14.8 Å². The van der Waals surface area contributed by atoms with Crippen molar-refractivity contribution in [2.24, 2.45) is 0 Å². The second-order valence-corrected chi connectivity index (χ2v) is 5.47. The Morgan fingerprint density at radius 2 is 2.05 bits per heavy atom. The van der Waals surface area contributed by atoms with E-state index in [1.807, 2.05) is 19.2 Å². The minimum Gasteiger partial charge on any atom is -0.310 e. The first kappa shape index (κ1) is 14.2. The van der Waals surface area contributed by atoms with Crippen LogP contribution in [-0.2, 0) is 13.0 Å². The van der Waals surface area contributed by atoms with Crippen LogP contribution >= 0.6 is 0 Å². The zero-order valence-corrected chi connectivity index (χ0v) is 12.0. The van der Waals surface area contributed by atoms with Crippen molar-refractivity contribution >= 4 is 5.71 Å². The van der Waals surface area contributed by atoms with Gasteiger partial charge in [0.2, 0.25) is 0 Å². The second kappa shape index (κ2) is 6.78. The highest BCUT2D eigenvalue weighted by Gasteiger charge is 2.15. The van der Waals surface area contributed by atoms with E-state index in [9.17, 15) is 0 Å². The summed E-state index contributed by atoms with van der Waals surface area (Å²) in [5.74, 6) is 0. The van der Waals surface area contributed by atoms with E-state index >= 15 is 0 Å². The summed E-state index contributed by atoms with van der Waals surface area (Å²) in [5.41, 5.74) is 3.22. The summed E-state index contributed by atoms with van der Waals surface area (Å²) in [5, 5.41) is 7.55. The fourth-order valence-electron chi connectivity index (χ4n) is 2.39. The van der Waals surface area contributed by atoms with Gasteiger partial charge < -0.3 is 10.3 Å². The summed E-state index contributed by atoms with van der Waals surface area (Å²) < 4.78 is 0. The topological polar surface area (TPSA) is 43.2 Å². The molecule has 19 heavy (non-hydrogen) atoms. The number of nitrogens with zero attached hydrogens (tertiary/aromatic N) is 3. The van der Waals surface area contributed by atoms with Crippen molar-refractivity contribution in [2.45, 2.75) is 26.3 Å². The highest BCUT2D eigenvalue weighted by molar-refractivity contribution is 5.78. The summed E-state index contributed by atoms with van der Waals surface area (Å²) in [7, 11) is 2.18. The van der Waals surface area contributed by atoms with Gasteiger partial charge in [-0.25, -0.2) is 0 Å². The zero-order chi connectivity index (χ0) is 13.7. The quantitative estimate of drug-likeness (QED) is 0.821. The molecule has 1 saturated heterocycles. The van der Waals surface area contributed by atoms with Gasteiger partial charge in [0.05, 0.1) is 0 Å². The molecular formula is C15H24N4. The van der Waals surface area contributed by atoms with E-state index in [1.54, 1.807) is 0 Å². The van der Waals surface area contributed by atoms with Gasteiger partial charge in [0.25, 0.3) is 0 Å². The molecule has 1 fully saturated rings. The molecule has 0 saturated carbocycles. The predicted molar refractivity (Wildman–Crippen MR) is 78.7 cm³/mol. The van der Waals surface area contributed by atoms with E-state index in [-0.39, 0.29) is 0 Å². The third-order valence-corrected chi connectivity index (χ3v) is 3.71. The van der Waals surface area contributed by atoms with E-state index < -0.39 is 0 Å². The second-order valence-electron chi connectivity index (χ2n) is 5.47. The minimum atomic E-state index is 0.733. The summed E-state index contributed by atoms with van der Waals surface area (Å²) in [6.45, 7) is 7.42. The van der Waals surface area contributed by atoms with Crippen LogP contribution in [0.2, 0.25) is 0 Å². The van der Waals surface area contributed by atoms with Crippen LogP contribution in [0.1, 0.15) is 24.6 Å². The SMILES string of the molecule is CC(=N)CCc1ncccc1CN1CCN(C)CC1. The van der Waals surface area contributed by atoms with E-state index in [1.165, 1.54) is 5.56 Å². The van der Waals surface area contributed by atoms with Crippen LogP contribution in [0.3, 0.4) is 0 Å². The van der Waals surface area contributed by atoms with Crippen LogP contribution in [0.25, 0.3) is 0 Å². The van der Waals surface area contributed by atoms with Crippen molar-refractivity contribution in [3.63, 3.8) is 0 Å². The molecule has 4 nitrogen and oxygen atoms in total. The number of hydrogen-bond donors (Lipinski definition) is 1. The maximum Gasteiger partial charge on any atom is 0.0452 e. The molecule has 0 aliphatic carbocycles. The Morgan fingerprint density at radius 3 is 2.74 bits per heavy atom. The molecule has 1 aliphatic rings. The first-order valence-corrected chi connectivity index (χ1v) is 7.03.